The van der Waals surface area contributed by atoms with Gasteiger partial charge in [0.15, 0.2) is 0 Å². The molecule has 3 saturated carbocycles. The van der Waals surface area contributed by atoms with Crippen LogP contribution in [-0.2, 0) is 9.53 Å². The first kappa shape index (κ1) is 15.0. The third kappa shape index (κ3) is 1.85. The molecule has 3 fully saturated rings. The SMILES string of the molecule is C=C1CCC[C@@H](O)[C@]2(C(=O)OC)CCC[C@]13CC[C@H](O)[C@H]32. The molecule has 3 aliphatic carbocycles. The first-order chi connectivity index (χ1) is 9.99. The largest absolute Gasteiger partial charge is 0.469 e. The monoisotopic (exact) mass is 294 g/mol. The Labute approximate surface area is 126 Å². The van der Waals surface area contributed by atoms with Crippen molar-refractivity contribution in [2.75, 3.05) is 7.11 Å². The molecular weight excluding hydrogens is 268 g/mol. The Morgan fingerprint density at radius 3 is 2.71 bits per heavy atom. The Morgan fingerprint density at radius 2 is 2.00 bits per heavy atom. The number of methoxy groups -OCH3 is 1. The van der Waals surface area contributed by atoms with E-state index in [1.807, 2.05) is 0 Å². The zero-order valence-electron chi connectivity index (χ0n) is 12.8. The summed E-state index contributed by atoms with van der Waals surface area (Å²) in [5, 5.41) is 21.4. The van der Waals surface area contributed by atoms with Crippen LogP contribution in [0.5, 0.6) is 0 Å². The fourth-order valence-corrected chi connectivity index (χ4v) is 5.58. The number of rotatable bonds is 1. The van der Waals surface area contributed by atoms with Crippen molar-refractivity contribution in [1.82, 2.24) is 0 Å². The number of carbonyl (C=O) groups is 1. The van der Waals surface area contributed by atoms with Gasteiger partial charge in [-0.25, -0.2) is 0 Å². The van der Waals surface area contributed by atoms with Gasteiger partial charge in [0.05, 0.1) is 24.7 Å². The third-order valence-corrected chi connectivity index (χ3v) is 6.45. The van der Waals surface area contributed by atoms with E-state index in [1.165, 1.54) is 12.7 Å². The molecule has 4 nitrogen and oxygen atoms in total. The number of carbonyl (C=O) groups excluding carboxylic acids is 1. The second-order valence-corrected chi connectivity index (χ2v) is 7.14. The molecule has 0 spiro atoms. The Bertz CT molecular complexity index is 456. The number of aliphatic hydroxyl groups is 2. The van der Waals surface area contributed by atoms with Gasteiger partial charge in [-0.15, -0.1) is 0 Å². The average Bonchev–Trinajstić information content (AvgIpc) is 2.84. The molecule has 118 valence electrons. The van der Waals surface area contributed by atoms with Gasteiger partial charge < -0.3 is 14.9 Å². The van der Waals surface area contributed by atoms with Crippen molar-refractivity contribution < 1.29 is 19.7 Å². The molecule has 0 aromatic carbocycles. The Balaban J connectivity index is 2.17. The third-order valence-electron chi connectivity index (χ3n) is 6.45. The van der Waals surface area contributed by atoms with Gasteiger partial charge in [-0.05, 0) is 50.4 Å². The van der Waals surface area contributed by atoms with E-state index < -0.39 is 17.6 Å². The normalized spacial score (nSPS) is 46.4. The summed E-state index contributed by atoms with van der Waals surface area (Å²) in [7, 11) is 1.38. The van der Waals surface area contributed by atoms with Crippen LogP contribution in [-0.4, -0.2) is 35.5 Å². The summed E-state index contributed by atoms with van der Waals surface area (Å²) in [5.74, 6) is -0.589. The van der Waals surface area contributed by atoms with Crippen LogP contribution in [0, 0.1) is 16.7 Å². The van der Waals surface area contributed by atoms with Crippen molar-refractivity contribution in [3.63, 3.8) is 0 Å². The van der Waals surface area contributed by atoms with Gasteiger partial charge >= 0.3 is 5.97 Å². The average molecular weight is 294 g/mol. The number of hydrogen-bond donors (Lipinski definition) is 2. The van der Waals surface area contributed by atoms with Crippen molar-refractivity contribution >= 4 is 5.97 Å². The smallest absolute Gasteiger partial charge is 0.314 e. The van der Waals surface area contributed by atoms with Gasteiger partial charge in [-0.1, -0.05) is 18.6 Å². The molecule has 0 aromatic rings. The van der Waals surface area contributed by atoms with E-state index in [0.717, 1.165) is 32.1 Å². The lowest BCUT2D eigenvalue weighted by molar-refractivity contribution is -0.186. The minimum absolute atomic E-state index is 0.187. The minimum Gasteiger partial charge on any atom is -0.469 e. The molecule has 0 unspecified atom stereocenters. The second kappa shape index (κ2) is 5.10. The van der Waals surface area contributed by atoms with Gasteiger partial charge in [-0.2, -0.15) is 0 Å². The highest BCUT2D eigenvalue weighted by Crippen LogP contribution is 2.65. The summed E-state index contributed by atoms with van der Waals surface area (Å²) in [4.78, 5) is 12.6. The number of hydrogen-bond acceptors (Lipinski definition) is 4. The topological polar surface area (TPSA) is 66.8 Å². The maximum Gasteiger partial charge on any atom is 0.314 e. The number of ether oxygens (including phenoxy) is 1. The van der Waals surface area contributed by atoms with E-state index in [4.69, 9.17) is 4.74 Å². The second-order valence-electron chi connectivity index (χ2n) is 7.14. The van der Waals surface area contributed by atoms with Gasteiger partial charge in [0.2, 0.25) is 0 Å². The maximum absolute atomic E-state index is 12.6. The highest BCUT2D eigenvalue weighted by atomic mass is 16.5. The zero-order valence-corrected chi connectivity index (χ0v) is 12.8. The highest BCUT2D eigenvalue weighted by molar-refractivity contribution is 5.79. The van der Waals surface area contributed by atoms with Crippen molar-refractivity contribution in [2.45, 2.75) is 63.6 Å². The minimum atomic E-state index is -0.952. The van der Waals surface area contributed by atoms with Crippen LogP contribution in [0.4, 0.5) is 0 Å². The van der Waals surface area contributed by atoms with Gasteiger partial charge in [0.25, 0.3) is 0 Å². The summed E-state index contributed by atoms with van der Waals surface area (Å²) in [6.45, 7) is 4.30. The predicted molar refractivity (Wildman–Crippen MR) is 78.5 cm³/mol. The first-order valence-electron chi connectivity index (χ1n) is 8.12. The van der Waals surface area contributed by atoms with Crippen LogP contribution in [0.2, 0.25) is 0 Å². The Hall–Kier alpha value is -0.870. The summed E-state index contributed by atoms with van der Waals surface area (Å²) in [5.41, 5.74) is 0.0310. The van der Waals surface area contributed by atoms with E-state index in [-0.39, 0.29) is 17.3 Å². The molecule has 2 bridgehead atoms. The van der Waals surface area contributed by atoms with Crippen LogP contribution in [0.25, 0.3) is 0 Å². The summed E-state index contributed by atoms with van der Waals surface area (Å²) in [6, 6.07) is 0. The van der Waals surface area contributed by atoms with Crippen molar-refractivity contribution in [3.05, 3.63) is 12.2 Å². The van der Waals surface area contributed by atoms with Crippen LogP contribution in [0.3, 0.4) is 0 Å². The van der Waals surface area contributed by atoms with Crippen LogP contribution in [0.1, 0.15) is 51.4 Å². The molecule has 0 aliphatic heterocycles. The van der Waals surface area contributed by atoms with E-state index in [2.05, 4.69) is 6.58 Å². The molecule has 0 heterocycles. The van der Waals surface area contributed by atoms with Crippen LogP contribution >= 0.6 is 0 Å². The van der Waals surface area contributed by atoms with Gasteiger partial charge in [0, 0.05) is 5.92 Å². The first-order valence-corrected chi connectivity index (χ1v) is 8.12. The van der Waals surface area contributed by atoms with Gasteiger partial charge in [-0.3, -0.25) is 4.79 Å². The van der Waals surface area contributed by atoms with E-state index in [1.54, 1.807) is 0 Å². The molecular formula is C17H26O4. The fraction of sp³-hybridized carbons (Fsp3) is 0.824. The molecule has 5 atom stereocenters. The fourth-order valence-electron chi connectivity index (χ4n) is 5.58. The standard InChI is InChI=1S/C17H26O4/c1-11-5-3-6-13(19)17(15(20)21-2)9-4-8-16(11)10-7-12(18)14(16)17/h12-14,18-19H,1,3-10H2,2H3/t12-,13+,14+,16-,17+/m0/s1. The lowest BCUT2D eigenvalue weighted by atomic mass is 9.49. The molecule has 0 saturated heterocycles. The van der Waals surface area contributed by atoms with Crippen molar-refractivity contribution in [2.24, 2.45) is 16.7 Å². The molecule has 4 heteroatoms. The Kier molecular flexibility index (Phi) is 3.65. The predicted octanol–water partition coefficient (Wildman–Crippen LogP) is 2.19. The summed E-state index contributed by atoms with van der Waals surface area (Å²) >= 11 is 0. The van der Waals surface area contributed by atoms with Crippen LogP contribution in [0.15, 0.2) is 12.2 Å². The molecule has 3 rings (SSSR count). The molecule has 2 N–H and O–H groups in total. The number of allylic oxidation sites excluding steroid dienone is 1. The van der Waals surface area contributed by atoms with E-state index in [9.17, 15) is 15.0 Å². The van der Waals surface area contributed by atoms with E-state index in [0.29, 0.717) is 19.3 Å². The lowest BCUT2D eigenvalue weighted by Gasteiger charge is -2.55. The lowest BCUT2D eigenvalue weighted by Crippen LogP contribution is -2.59. The molecule has 3 aliphatic rings. The number of esters is 1. The molecule has 21 heavy (non-hydrogen) atoms. The van der Waals surface area contributed by atoms with Crippen molar-refractivity contribution in [3.8, 4) is 0 Å². The summed E-state index contributed by atoms with van der Waals surface area (Å²) in [6.07, 6.45) is 5.07. The van der Waals surface area contributed by atoms with Crippen LogP contribution < -0.4 is 0 Å². The highest BCUT2D eigenvalue weighted by Gasteiger charge is 2.66. The zero-order chi connectivity index (χ0) is 15.3. The molecule has 0 aromatic heterocycles. The quantitative estimate of drug-likeness (QED) is 0.574. The van der Waals surface area contributed by atoms with Crippen molar-refractivity contribution in [1.29, 1.82) is 0 Å². The number of aliphatic hydroxyl groups excluding tert-OH is 2. The van der Waals surface area contributed by atoms with Gasteiger partial charge in [0.1, 0.15) is 0 Å². The van der Waals surface area contributed by atoms with E-state index >= 15 is 0 Å². The maximum atomic E-state index is 12.6. The Morgan fingerprint density at radius 1 is 1.24 bits per heavy atom. The summed E-state index contributed by atoms with van der Waals surface area (Å²) < 4.78 is 5.08. The molecule has 0 amide bonds. The molecule has 0 radical (unpaired) electrons.